The Morgan fingerprint density at radius 3 is 2.59 bits per heavy atom. The number of carbonyl (C=O) groups excluding carboxylic acids is 1. The third kappa shape index (κ3) is 5.48. The van der Waals surface area contributed by atoms with E-state index in [1.807, 2.05) is 49.4 Å². The van der Waals surface area contributed by atoms with Crippen molar-refractivity contribution in [2.45, 2.75) is 45.9 Å². The fraction of sp³-hybridized carbons (Fsp3) is 0.379. The maximum Gasteiger partial charge on any atom is 0.224 e. The highest BCUT2D eigenvalue weighted by atomic mass is 16.5. The van der Waals surface area contributed by atoms with Crippen LogP contribution in [0, 0.1) is 18.3 Å². The number of rotatable bonds is 8. The van der Waals surface area contributed by atoms with Crippen LogP contribution >= 0.6 is 0 Å². The van der Waals surface area contributed by atoms with E-state index in [1.54, 1.807) is 0 Å². The molecule has 1 N–H and O–H groups in total. The van der Waals surface area contributed by atoms with E-state index in [2.05, 4.69) is 45.5 Å². The molecule has 1 atom stereocenters. The molecule has 5 nitrogen and oxygen atoms in total. The number of benzene rings is 2. The number of carbonyl (C=O) groups is 1. The Balaban J connectivity index is 1.08. The lowest BCUT2D eigenvalue weighted by atomic mass is 9.90. The summed E-state index contributed by atoms with van der Waals surface area (Å²) in [7, 11) is 0. The standard InChI is InChI=1S/C29H33N3O2/c1-22-7-5-11-25(31-22)19-30-28(33)27-18-29(27)13-15-32(16-14-29)20-24-10-6-12-26(17-24)34-21-23-8-3-2-4-9-23/h2-12,17,27H,13-16,18-21H2,1H3,(H,30,33)/t27-/m0/s1. The van der Waals surface area contributed by atoms with E-state index in [9.17, 15) is 4.79 Å². The number of amides is 1. The molecule has 1 spiro atoms. The van der Waals surface area contributed by atoms with Crippen molar-refractivity contribution in [2.24, 2.45) is 11.3 Å². The normalized spacial score (nSPS) is 19.0. The second-order valence-corrected chi connectivity index (χ2v) is 9.81. The second-order valence-electron chi connectivity index (χ2n) is 9.81. The van der Waals surface area contributed by atoms with Crippen molar-refractivity contribution in [1.29, 1.82) is 0 Å². The summed E-state index contributed by atoms with van der Waals surface area (Å²) in [6.07, 6.45) is 3.21. The molecule has 1 saturated heterocycles. The molecule has 2 heterocycles. The van der Waals surface area contributed by atoms with Crippen LogP contribution in [-0.2, 0) is 24.5 Å². The van der Waals surface area contributed by atoms with E-state index in [-0.39, 0.29) is 17.2 Å². The first kappa shape index (κ1) is 22.6. The lowest BCUT2D eigenvalue weighted by molar-refractivity contribution is -0.123. The molecule has 1 aliphatic carbocycles. The number of likely N-dealkylation sites (tertiary alicyclic amines) is 1. The highest BCUT2D eigenvalue weighted by Gasteiger charge is 2.58. The number of pyridine rings is 1. The molecule has 1 aliphatic heterocycles. The van der Waals surface area contributed by atoms with Gasteiger partial charge in [-0.2, -0.15) is 0 Å². The highest BCUT2D eigenvalue weighted by Crippen LogP contribution is 2.59. The number of piperidine rings is 1. The molecular weight excluding hydrogens is 422 g/mol. The van der Waals surface area contributed by atoms with Crippen molar-refractivity contribution in [2.75, 3.05) is 13.1 Å². The minimum absolute atomic E-state index is 0.161. The van der Waals surface area contributed by atoms with Gasteiger partial charge in [-0.15, -0.1) is 0 Å². The lowest BCUT2D eigenvalue weighted by Gasteiger charge is -2.32. The number of nitrogens with one attached hydrogen (secondary N) is 1. The molecule has 1 saturated carbocycles. The van der Waals surface area contributed by atoms with Crippen LogP contribution < -0.4 is 10.1 Å². The summed E-state index contributed by atoms with van der Waals surface area (Å²) in [6, 6.07) is 24.6. The number of nitrogens with zero attached hydrogens (tertiary/aromatic N) is 2. The zero-order valence-electron chi connectivity index (χ0n) is 19.9. The fourth-order valence-corrected chi connectivity index (χ4v) is 5.16. The lowest BCUT2D eigenvalue weighted by Crippen LogP contribution is -2.36. The van der Waals surface area contributed by atoms with Crippen LogP contribution in [-0.4, -0.2) is 28.9 Å². The maximum atomic E-state index is 12.7. The predicted molar refractivity (Wildman–Crippen MR) is 133 cm³/mol. The molecule has 1 amide bonds. The van der Waals surface area contributed by atoms with Crippen LogP contribution in [0.2, 0.25) is 0 Å². The number of ether oxygens (including phenoxy) is 1. The third-order valence-corrected chi connectivity index (χ3v) is 7.30. The molecule has 0 unspecified atom stereocenters. The molecule has 2 aromatic carbocycles. The zero-order valence-corrected chi connectivity index (χ0v) is 19.9. The summed E-state index contributed by atoms with van der Waals surface area (Å²) in [5, 5.41) is 3.11. The van der Waals surface area contributed by atoms with Crippen LogP contribution in [0.25, 0.3) is 0 Å². The predicted octanol–water partition coefficient (Wildman–Crippen LogP) is 4.89. The smallest absolute Gasteiger partial charge is 0.224 e. The van der Waals surface area contributed by atoms with Crippen LogP contribution in [0.1, 0.15) is 41.8 Å². The second kappa shape index (κ2) is 9.98. The van der Waals surface area contributed by atoms with Gasteiger partial charge in [-0.25, -0.2) is 0 Å². The number of hydrogen-bond donors (Lipinski definition) is 1. The van der Waals surface area contributed by atoms with Crippen molar-refractivity contribution in [3.8, 4) is 5.75 Å². The topological polar surface area (TPSA) is 54.5 Å². The Bertz CT molecular complexity index is 1120. The largest absolute Gasteiger partial charge is 0.489 e. The van der Waals surface area contributed by atoms with Crippen LogP contribution in [0.4, 0.5) is 0 Å². The van der Waals surface area contributed by atoms with Crippen molar-refractivity contribution in [3.05, 3.63) is 95.3 Å². The Kier molecular flexibility index (Phi) is 6.63. The first-order valence-electron chi connectivity index (χ1n) is 12.3. The minimum atomic E-state index is 0.161. The molecule has 3 aromatic rings. The van der Waals surface area contributed by atoms with E-state index in [4.69, 9.17) is 4.74 Å². The number of aromatic nitrogens is 1. The van der Waals surface area contributed by atoms with E-state index in [0.717, 1.165) is 56.0 Å². The van der Waals surface area contributed by atoms with Gasteiger partial charge in [-0.1, -0.05) is 48.5 Å². The van der Waals surface area contributed by atoms with Crippen LogP contribution in [0.3, 0.4) is 0 Å². The summed E-state index contributed by atoms with van der Waals surface area (Å²) in [5.74, 6) is 1.27. The van der Waals surface area contributed by atoms with Crippen LogP contribution in [0.5, 0.6) is 5.75 Å². The molecular formula is C29H33N3O2. The van der Waals surface area contributed by atoms with E-state index < -0.39 is 0 Å². The quantitative estimate of drug-likeness (QED) is 0.526. The fourth-order valence-electron chi connectivity index (χ4n) is 5.16. The van der Waals surface area contributed by atoms with Gasteiger partial charge in [0.1, 0.15) is 12.4 Å². The first-order chi connectivity index (χ1) is 16.6. The number of aryl methyl sites for hydroxylation is 1. The Morgan fingerprint density at radius 1 is 1.03 bits per heavy atom. The molecule has 1 aromatic heterocycles. The summed E-state index contributed by atoms with van der Waals surface area (Å²) >= 11 is 0. The average molecular weight is 456 g/mol. The first-order valence-corrected chi connectivity index (χ1v) is 12.3. The van der Waals surface area contributed by atoms with E-state index in [1.165, 1.54) is 11.1 Å². The summed E-state index contributed by atoms with van der Waals surface area (Å²) in [4.78, 5) is 19.7. The highest BCUT2D eigenvalue weighted by molar-refractivity contribution is 5.82. The average Bonchev–Trinajstić information content (AvgIpc) is 3.57. The van der Waals surface area contributed by atoms with Gasteiger partial charge in [-0.05, 0) is 80.1 Å². The molecule has 5 rings (SSSR count). The van der Waals surface area contributed by atoms with E-state index in [0.29, 0.717) is 13.2 Å². The molecule has 176 valence electrons. The zero-order chi connectivity index (χ0) is 23.4. The van der Waals surface area contributed by atoms with Crippen molar-refractivity contribution in [1.82, 2.24) is 15.2 Å². The maximum absolute atomic E-state index is 12.7. The van der Waals surface area contributed by atoms with Gasteiger partial charge in [0.2, 0.25) is 5.91 Å². The SMILES string of the molecule is Cc1cccc(CNC(=O)[C@@H]2CC23CCN(Cc2cccc(OCc4ccccc4)c2)CC3)n1. The van der Waals surface area contributed by atoms with Gasteiger partial charge in [0, 0.05) is 18.2 Å². The molecule has 0 radical (unpaired) electrons. The van der Waals surface area contributed by atoms with Crippen molar-refractivity contribution in [3.63, 3.8) is 0 Å². The third-order valence-electron chi connectivity index (χ3n) is 7.30. The Morgan fingerprint density at radius 2 is 1.79 bits per heavy atom. The van der Waals surface area contributed by atoms with Gasteiger partial charge >= 0.3 is 0 Å². The molecule has 5 heteroatoms. The van der Waals surface area contributed by atoms with Gasteiger partial charge in [0.25, 0.3) is 0 Å². The molecule has 2 aliphatic rings. The summed E-state index contributed by atoms with van der Waals surface area (Å²) in [6.45, 7) is 6.08. The molecule has 0 bridgehead atoms. The molecule has 34 heavy (non-hydrogen) atoms. The van der Waals surface area contributed by atoms with Crippen LogP contribution in [0.15, 0.2) is 72.8 Å². The summed E-state index contributed by atoms with van der Waals surface area (Å²) in [5.41, 5.74) is 4.56. The van der Waals surface area contributed by atoms with Crippen molar-refractivity contribution < 1.29 is 9.53 Å². The van der Waals surface area contributed by atoms with Gasteiger partial charge in [0.15, 0.2) is 0 Å². The Labute approximate surface area is 202 Å². The van der Waals surface area contributed by atoms with E-state index >= 15 is 0 Å². The van der Waals surface area contributed by atoms with Gasteiger partial charge < -0.3 is 10.1 Å². The monoisotopic (exact) mass is 455 g/mol. The van der Waals surface area contributed by atoms with Crippen molar-refractivity contribution >= 4 is 5.91 Å². The summed E-state index contributed by atoms with van der Waals surface area (Å²) < 4.78 is 6.00. The number of hydrogen-bond acceptors (Lipinski definition) is 4. The van der Waals surface area contributed by atoms with Gasteiger partial charge in [0.05, 0.1) is 12.2 Å². The minimum Gasteiger partial charge on any atom is -0.489 e. The molecule has 2 fully saturated rings. The Hall–Kier alpha value is -3.18. The van der Waals surface area contributed by atoms with Gasteiger partial charge in [-0.3, -0.25) is 14.7 Å².